The van der Waals surface area contributed by atoms with E-state index < -0.39 is 0 Å². The van der Waals surface area contributed by atoms with Crippen LogP contribution in [-0.4, -0.2) is 45.6 Å². The van der Waals surface area contributed by atoms with Crippen molar-refractivity contribution in [1.29, 1.82) is 0 Å². The van der Waals surface area contributed by atoms with Gasteiger partial charge in [0, 0.05) is 65.5 Å². The van der Waals surface area contributed by atoms with Crippen LogP contribution in [0.3, 0.4) is 0 Å². The third-order valence-electron chi connectivity index (χ3n) is 5.55. The number of hydrogen-bond donors (Lipinski definition) is 1. The molecular weight excluding hydrogens is 416 g/mol. The lowest BCUT2D eigenvalue weighted by Gasteiger charge is -2.27. The van der Waals surface area contributed by atoms with Gasteiger partial charge in [-0.25, -0.2) is 4.79 Å². The van der Waals surface area contributed by atoms with Gasteiger partial charge in [-0.3, -0.25) is 4.79 Å². The number of aryl methyl sites for hydroxylation is 1. The Hall–Kier alpha value is -3.46. The van der Waals surface area contributed by atoms with Crippen LogP contribution in [0.25, 0.3) is 22.3 Å². The van der Waals surface area contributed by atoms with Gasteiger partial charge in [0.1, 0.15) is 0 Å². The molecule has 1 aromatic carbocycles. The van der Waals surface area contributed by atoms with Gasteiger partial charge in [0.05, 0.1) is 12.7 Å². The summed E-state index contributed by atoms with van der Waals surface area (Å²) in [4.78, 5) is 34.4. The van der Waals surface area contributed by atoms with E-state index in [1.807, 2.05) is 33.9 Å². The lowest BCUT2D eigenvalue weighted by Crippen LogP contribution is -2.35. The molecule has 1 N–H and O–H groups in total. The van der Waals surface area contributed by atoms with Crippen molar-refractivity contribution < 1.29 is 18.8 Å². The first-order chi connectivity index (χ1) is 15.1. The molecule has 0 radical (unpaired) electrons. The predicted octanol–water partition coefficient (Wildman–Crippen LogP) is 3.58. The molecule has 3 aromatic heterocycles. The molecule has 31 heavy (non-hydrogen) atoms. The van der Waals surface area contributed by atoms with E-state index in [-0.39, 0.29) is 11.9 Å². The fourth-order valence-corrected chi connectivity index (χ4v) is 4.54. The Morgan fingerprint density at radius 1 is 1.32 bits per heavy atom. The minimum atomic E-state index is -0.373. The van der Waals surface area contributed by atoms with Crippen LogP contribution in [0.5, 0.6) is 0 Å². The number of carbonyl (C=O) groups is 2. The summed E-state index contributed by atoms with van der Waals surface area (Å²) in [5.74, 6) is 0.676. The molecule has 5 rings (SSSR count). The number of amides is 1. The van der Waals surface area contributed by atoms with Crippen molar-refractivity contribution in [3.63, 3.8) is 0 Å². The molecule has 0 atom stereocenters. The monoisotopic (exact) mass is 436 g/mol. The van der Waals surface area contributed by atoms with Crippen LogP contribution in [0.4, 0.5) is 0 Å². The average Bonchev–Trinajstić information content (AvgIpc) is 3.55. The molecule has 0 fully saturated rings. The van der Waals surface area contributed by atoms with Crippen molar-refractivity contribution in [1.82, 2.24) is 20.0 Å². The summed E-state index contributed by atoms with van der Waals surface area (Å²) in [6.45, 7) is 1.15. The fraction of sp³-hybridized carbons (Fsp3) is 0.273. The fourth-order valence-electron chi connectivity index (χ4n) is 3.91. The van der Waals surface area contributed by atoms with Gasteiger partial charge < -0.3 is 19.1 Å². The highest BCUT2D eigenvalue weighted by atomic mass is 32.1. The standard InChI is InChI=1S/C22H20N4O4S/c1-29-22(28)13-2-3-17-15(10-13)16-11-26(8-6-18(16)23-17)20(27)5-4-19-24-21(25-30-19)14-7-9-31-12-14/h2-3,7,9-10,12,23H,4-6,8,11H2,1H3. The number of aromatic nitrogens is 3. The van der Waals surface area contributed by atoms with E-state index in [0.717, 1.165) is 34.1 Å². The maximum absolute atomic E-state index is 12.8. The van der Waals surface area contributed by atoms with Gasteiger partial charge in [-0.2, -0.15) is 16.3 Å². The third-order valence-corrected chi connectivity index (χ3v) is 6.23. The molecule has 0 bridgehead atoms. The number of nitrogens with zero attached hydrogens (tertiary/aromatic N) is 3. The van der Waals surface area contributed by atoms with Crippen molar-refractivity contribution in [2.24, 2.45) is 0 Å². The lowest BCUT2D eigenvalue weighted by atomic mass is 10.0. The average molecular weight is 436 g/mol. The molecule has 0 saturated carbocycles. The molecule has 1 amide bonds. The Morgan fingerprint density at radius 2 is 2.23 bits per heavy atom. The van der Waals surface area contributed by atoms with Crippen LogP contribution in [0.1, 0.15) is 33.9 Å². The lowest BCUT2D eigenvalue weighted by molar-refractivity contribution is -0.132. The summed E-state index contributed by atoms with van der Waals surface area (Å²) in [5, 5.41) is 8.85. The number of hydrogen-bond acceptors (Lipinski definition) is 7. The van der Waals surface area contributed by atoms with Crippen molar-refractivity contribution >= 4 is 34.1 Å². The van der Waals surface area contributed by atoms with Gasteiger partial charge >= 0.3 is 5.97 Å². The second kappa shape index (κ2) is 7.99. The van der Waals surface area contributed by atoms with E-state index >= 15 is 0 Å². The second-order valence-corrected chi connectivity index (χ2v) is 8.20. The Kier molecular flexibility index (Phi) is 5.03. The normalized spacial score (nSPS) is 13.4. The van der Waals surface area contributed by atoms with E-state index in [4.69, 9.17) is 9.26 Å². The number of aromatic amines is 1. The van der Waals surface area contributed by atoms with Crippen LogP contribution in [0.2, 0.25) is 0 Å². The number of carbonyl (C=O) groups excluding carboxylic acids is 2. The summed E-state index contributed by atoms with van der Waals surface area (Å²) in [6.07, 6.45) is 1.45. The van der Waals surface area contributed by atoms with Gasteiger partial charge in [0.15, 0.2) is 0 Å². The molecule has 0 unspecified atom stereocenters. The Balaban J connectivity index is 1.28. The van der Waals surface area contributed by atoms with E-state index in [1.165, 1.54) is 7.11 Å². The Labute approximate surface area is 181 Å². The molecule has 4 aromatic rings. The number of H-pyrrole nitrogens is 1. The minimum Gasteiger partial charge on any atom is -0.465 e. The second-order valence-electron chi connectivity index (χ2n) is 7.42. The summed E-state index contributed by atoms with van der Waals surface area (Å²) in [6, 6.07) is 7.39. The van der Waals surface area contributed by atoms with Crippen molar-refractivity contribution in [3.8, 4) is 11.4 Å². The van der Waals surface area contributed by atoms with Crippen LogP contribution in [0.15, 0.2) is 39.5 Å². The summed E-state index contributed by atoms with van der Waals surface area (Å²) in [7, 11) is 1.37. The number of fused-ring (bicyclic) bond motifs is 3. The molecule has 0 aliphatic carbocycles. The Morgan fingerprint density at radius 3 is 3.03 bits per heavy atom. The van der Waals surface area contributed by atoms with Gasteiger partial charge in [-0.1, -0.05) is 5.16 Å². The maximum Gasteiger partial charge on any atom is 0.337 e. The van der Waals surface area contributed by atoms with Crippen molar-refractivity contribution in [2.45, 2.75) is 25.8 Å². The summed E-state index contributed by atoms with van der Waals surface area (Å²) < 4.78 is 10.1. The Bertz CT molecular complexity index is 1260. The first-order valence-electron chi connectivity index (χ1n) is 9.97. The quantitative estimate of drug-likeness (QED) is 0.480. The zero-order valence-corrected chi connectivity index (χ0v) is 17.7. The summed E-state index contributed by atoms with van der Waals surface area (Å²) >= 11 is 1.57. The number of nitrogens with one attached hydrogen (secondary N) is 1. The highest BCUT2D eigenvalue weighted by Crippen LogP contribution is 2.29. The van der Waals surface area contributed by atoms with Crippen LogP contribution in [-0.2, 0) is 28.9 Å². The number of rotatable bonds is 5. The molecule has 1 aliphatic rings. The molecule has 0 spiro atoms. The van der Waals surface area contributed by atoms with E-state index in [1.54, 1.807) is 17.4 Å². The van der Waals surface area contributed by atoms with E-state index in [2.05, 4.69) is 15.1 Å². The molecule has 8 nitrogen and oxygen atoms in total. The smallest absolute Gasteiger partial charge is 0.337 e. The topological polar surface area (TPSA) is 101 Å². The molecular formula is C22H20N4O4S. The number of thiophene rings is 1. The van der Waals surface area contributed by atoms with Gasteiger partial charge in [0.2, 0.25) is 17.6 Å². The highest BCUT2D eigenvalue weighted by Gasteiger charge is 2.25. The van der Waals surface area contributed by atoms with Crippen molar-refractivity contribution in [3.05, 3.63) is 57.7 Å². The number of benzene rings is 1. The van der Waals surface area contributed by atoms with Gasteiger partial charge in [-0.05, 0) is 29.6 Å². The number of esters is 1. The van der Waals surface area contributed by atoms with Crippen LogP contribution >= 0.6 is 11.3 Å². The zero-order valence-electron chi connectivity index (χ0n) is 16.9. The maximum atomic E-state index is 12.8. The van der Waals surface area contributed by atoms with Crippen LogP contribution < -0.4 is 0 Å². The third kappa shape index (κ3) is 3.72. The minimum absolute atomic E-state index is 0.0411. The van der Waals surface area contributed by atoms with E-state index in [0.29, 0.717) is 43.2 Å². The highest BCUT2D eigenvalue weighted by molar-refractivity contribution is 7.08. The largest absolute Gasteiger partial charge is 0.465 e. The molecule has 9 heteroatoms. The first kappa shape index (κ1) is 19.5. The summed E-state index contributed by atoms with van der Waals surface area (Å²) in [5.41, 5.74) is 4.54. The predicted molar refractivity (Wildman–Crippen MR) is 115 cm³/mol. The zero-order chi connectivity index (χ0) is 21.4. The number of methoxy groups -OCH3 is 1. The van der Waals surface area contributed by atoms with E-state index in [9.17, 15) is 9.59 Å². The van der Waals surface area contributed by atoms with Crippen LogP contribution in [0, 0.1) is 0 Å². The van der Waals surface area contributed by atoms with Gasteiger partial charge in [-0.15, -0.1) is 0 Å². The van der Waals surface area contributed by atoms with Gasteiger partial charge in [0.25, 0.3) is 0 Å². The number of ether oxygens (including phenoxy) is 1. The molecule has 4 heterocycles. The molecule has 158 valence electrons. The van der Waals surface area contributed by atoms with Crippen molar-refractivity contribution in [2.75, 3.05) is 13.7 Å². The molecule has 1 aliphatic heterocycles. The first-order valence-corrected chi connectivity index (χ1v) is 10.9. The SMILES string of the molecule is COC(=O)c1ccc2[nH]c3c(c2c1)CN(C(=O)CCc1nc(-c2ccsc2)no1)CC3. The molecule has 0 saturated heterocycles.